The monoisotopic (exact) mass is 393 g/mol. The molecule has 2 aromatic carbocycles. The number of nitrogens with one attached hydrogen (secondary N) is 1. The lowest BCUT2D eigenvalue weighted by atomic mass is 10.2. The molecule has 1 aliphatic heterocycles. The Morgan fingerprint density at radius 3 is 2.43 bits per heavy atom. The van der Waals surface area contributed by atoms with Crippen LogP contribution in [0.2, 0.25) is 5.02 Å². The van der Waals surface area contributed by atoms with Crippen molar-refractivity contribution in [2.45, 2.75) is 6.92 Å². The number of aromatic nitrogens is 2. The van der Waals surface area contributed by atoms with Gasteiger partial charge in [-0.2, -0.15) is 0 Å². The van der Waals surface area contributed by atoms with Crippen molar-refractivity contribution >= 4 is 28.9 Å². The van der Waals surface area contributed by atoms with E-state index in [-0.39, 0.29) is 0 Å². The Bertz CT molecular complexity index is 952. The number of hydrogen-bond donors (Lipinski definition) is 1. The van der Waals surface area contributed by atoms with Crippen LogP contribution in [0.1, 0.15) is 5.56 Å². The lowest BCUT2D eigenvalue weighted by Gasteiger charge is -2.33. The summed E-state index contributed by atoms with van der Waals surface area (Å²) >= 11 is 6.19. The molecule has 0 unspecified atom stereocenters. The van der Waals surface area contributed by atoms with Gasteiger partial charge in [-0.25, -0.2) is 9.97 Å². The van der Waals surface area contributed by atoms with Crippen LogP contribution in [0.15, 0.2) is 54.6 Å². The predicted molar refractivity (Wildman–Crippen MR) is 117 cm³/mol. The standard InChI is InChI=1S/C22H24ClN5/c1-16-8-9-18(23)14-19(16)24-20-15-21(28-12-10-27(2)11-13-28)26-22(25-20)17-6-4-3-5-7-17/h3-9,14-15H,10-13H2,1-2H3,(H,24,25,26). The molecule has 6 heteroatoms. The van der Waals surface area contributed by atoms with Crippen molar-refractivity contribution in [1.82, 2.24) is 14.9 Å². The van der Waals surface area contributed by atoms with Crippen molar-refractivity contribution in [2.75, 3.05) is 43.4 Å². The Morgan fingerprint density at radius 1 is 0.929 bits per heavy atom. The van der Waals surface area contributed by atoms with Gasteiger partial charge in [0.05, 0.1) is 0 Å². The lowest BCUT2D eigenvalue weighted by Crippen LogP contribution is -2.44. The summed E-state index contributed by atoms with van der Waals surface area (Å²) in [4.78, 5) is 14.3. The highest BCUT2D eigenvalue weighted by Gasteiger charge is 2.18. The zero-order valence-corrected chi connectivity index (χ0v) is 16.9. The zero-order valence-electron chi connectivity index (χ0n) is 16.2. The van der Waals surface area contributed by atoms with Crippen molar-refractivity contribution in [3.63, 3.8) is 0 Å². The van der Waals surface area contributed by atoms with E-state index in [9.17, 15) is 0 Å². The average molecular weight is 394 g/mol. The first-order valence-corrected chi connectivity index (χ1v) is 9.87. The third-order valence-electron chi connectivity index (χ3n) is 5.03. The molecule has 5 nitrogen and oxygen atoms in total. The number of hydrogen-bond acceptors (Lipinski definition) is 5. The summed E-state index contributed by atoms with van der Waals surface area (Å²) in [6.07, 6.45) is 0. The van der Waals surface area contributed by atoms with Gasteiger partial charge in [0, 0.05) is 48.5 Å². The number of anilines is 3. The minimum atomic E-state index is 0.699. The van der Waals surface area contributed by atoms with Crippen molar-refractivity contribution in [1.29, 1.82) is 0 Å². The Morgan fingerprint density at radius 2 is 1.68 bits per heavy atom. The number of halogens is 1. The van der Waals surface area contributed by atoms with Crippen LogP contribution in [0.5, 0.6) is 0 Å². The van der Waals surface area contributed by atoms with Gasteiger partial charge in [0.1, 0.15) is 11.6 Å². The van der Waals surface area contributed by atoms with Crippen LogP contribution < -0.4 is 10.2 Å². The van der Waals surface area contributed by atoms with E-state index in [2.05, 4.69) is 29.1 Å². The maximum atomic E-state index is 6.19. The molecule has 0 saturated carbocycles. The zero-order chi connectivity index (χ0) is 19.5. The number of rotatable bonds is 4. The SMILES string of the molecule is Cc1ccc(Cl)cc1Nc1cc(N2CCN(C)CC2)nc(-c2ccccc2)n1. The molecule has 0 amide bonds. The molecule has 0 radical (unpaired) electrons. The molecule has 1 aliphatic rings. The highest BCUT2D eigenvalue weighted by atomic mass is 35.5. The van der Waals surface area contributed by atoms with Crippen molar-refractivity contribution < 1.29 is 0 Å². The second kappa shape index (κ2) is 8.17. The first-order chi connectivity index (χ1) is 13.6. The summed E-state index contributed by atoms with van der Waals surface area (Å²) in [7, 11) is 2.15. The van der Waals surface area contributed by atoms with Gasteiger partial charge >= 0.3 is 0 Å². The molecule has 2 heterocycles. The predicted octanol–water partition coefficient (Wildman–Crippen LogP) is 4.60. The molecule has 1 fully saturated rings. The van der Waals surface area contributed by atoms with E-state index in [0.717, 1.165) is 60.5 Å². The summed E-state index contributed by atoms with van der Waals surface area (Å²) in [6.45, 7) is 6.02. The molecule has 0 atom stereocenters. The maximum Gasteiger partial charge on any atom is 0.163 e. The van der Waals surface area contributed by atoms with Crippen molar-refractivity contribution in [3.05, 3.63) is 65.2 Å². The maximum absolute atomic E-state index is 6.19. The lowest BCUT2D eigenvalue weighted by molar-refractivity contribution is 0.312. The topological polar surface area (TPSA) is 44.3 Å². The minimum absolute atomic E-state index is 0.699. The molecule has 28 heavy (non-hydrogen) atoms. The van der Waals surface area contributed by atoms with E-state index in [4.69, 9.17) is 21.6 Å². The second-order valence-electron chi connectivity index (χ2n) is 7.18. The largest absolute Gasteiger partial charge is 0.354 e. The first-order valence-electron chi connectivity index (χ1n) is 9.50. The normalized spacial score (nSPS) is 14.9. The van der Waals surface area contributed by atoms with Crippen LogP contribution in [0.25, 0.3) is 11.4 Å². The van der Waals surface area contributed by atoms with Gasteiger partial charge in [-0.05, 0) is 31.7 Å². The molecule has 144 valence electrons. The molecular formula is C22H24ClN5. The highest BCUT2D eigenvalue weighted by molar-refractivity contribution is 6.30. The van der Waals surface area contributed by atoms with E-state index in [1.807, 2.05) is 54.6 Å². The highest BCUT2D eigenvalue weighted by Crippen LogP contribution is 2.28. The molecular weight excluding hydrogens is 370 g/mol. The van der Waals surface area contributed by atoms with Gasteiger partial charge in [0.25, 0.3) is 0 Å². The van der Waals surface area contributed by atoms with Crippen molar-refractivity contribution in [3.8, 4) is 11.4 Å². The molecule has 0 aliphatic carbocycles. The van der Waals surface area contributed by atoms with Crippen LogP contribution in [0.4, 0.5) is 17.3 Å². The fourth-order valence-corrected chi connectivity index (χ4v) is 3.45. The van der Waals surface area contributed by atoms with Crippen LogP contribution in [0, 0.1) is 6.92 Å². The molecule has 4 rings (SSSR count). The van der Waals surface area contributed by atoms with E-state index in [1.165, 1.54) is 0 Å². The number of piperazine rings is 1. The van der Waals surface area contributed by atoms with Crippen LogP contribution in [0.3, 0.4) is 0 Å². The third-order valence-corrected chi connectivity index (χ3v) is 5.27. The summed E-state index contributed by atoms with van der Waals surface area (Å²) < 4.78 is 0. The van der Waals surface area contributed by atoms with E-state index >= 15 is 0 Å². The Kier molecular flexibility index (Phi) is 5.46. The summed E-state index contributed by atoms with van der Waals surface area (Å²) in [5.74, 6) is 2.44. The van der Waals surface area contributed by atoms with Crippen LogP contribution in [-0.4, -0.2) is 48.1 Å². The van der Waals surface area contributed by atoms with Crippen molar-refractivity contribution in [2.24, 2.45) is 0 Å². The number of nitrogens with zero attached hydrogens (tertiary/aromatic N) is 4. The Labute approximate surface area is 171 Å². The Hall–Kier alpha value is -2.63. The van der Waals surface area contributed by atoms with Gasteiger partial charge in [0.15, 0.2) is 5.82 Å². The van der Waals surface area contributed by atoms with Gasteiger partial charge in [0.2, 0.25) is 0 Å². The second-order valence-corrected chi connectivity index (χ2v) is 7.61. The van der Waals surface area contributed by atoms with Crippen LogP contribution >= 0.6 is 11.6 Å². The smallest absolute Gasteiger partial charge is 0.163 e. The fourth-order valence-electron chi connectivity index (χ4n) is 3.28. The van der Waals surface area contributed by atoms with Gasteiger partial charge in [-0.3, -0.25) is 0 Å². The summed E-state index contributed by atoms with van der Waals surface area (Å²) in [5.41, 5.74) is 3.07. The quantitative estimate of drug-likeness (QED) is 0.701. The first kappa shape index (κ1) is 18.7. The number of benzene rings is 2. The van der Waals surface area contributed by atoms with Crippen LogP contribution in [-0.2, 0) is 0 Å². The summed E-state index contributed by atoms with van der Waals surface area (Å²) in [5, 5.41) is 4.14. The fraction of sp³-hybridized carbons (Fsp3) is 0.273. The third kappa shape index (κ3) is 4.26. The van der Waals surface area contributed by atoms with Gasteiger partial charge in [-0.15, -0.1) is 0 Å². The Balaban J connectivity index is 1.72. The average Bonchev–Trinajstić information content (AvgIpc) is 2.72. The molecule has 0 bridgehead atoms. The minimum Gasteiger partial charge on any atom is -0.354 e. The number of likely N-dealkylation sites (N-methyl/N-ethyl adjacent to an activating group) is 1. The van der Waals surface area contributed by atoms with Gasteiger partial charge < -0.3 is 15.1 Å². The van der Waals surface area contributed by atoms with E-state index in [0.29, 0.717) is 5.02 Å². The van der Waals surface area contributed by atoms with E-state index in [1.54, 1.807) is 0 Å². The van der Waals surface area contributed by atoms with E-state index < -0.39 is 0 Å². The molecule has 1 aromatic heterocycles. The summed E-state index contributed by atoms with van der Waals surface area (Å²) in [6, 6.07) is 18.0. The number of aryl methyl sites for hydroxylation is 1. The molecule has 1 N–H and O–H groups in total. The molecule has 3 aromatic rings. The molecule has 1 saturated heterocycles. The van der Waals surface area contributed by atoms with Gasteiger partial charge in [-0.1, -0.05) is 48.0 Å². The molecule has 0 spiro atoms.